The molecule has 0 aliphatic carbocycles. The molecule has 66 valence electrons. The van der Waals surface area contributed by atoms with Gasteiger partial charge in [-0.15, -0.1) is 0 Å². The molecule has 1 N–H and O–H groups in total. The first-order valence-electron chi connectivity index (χ1n) is 4.43. The Morgan fingerprint density at radius 2 is 2.33 bits per heavy atom. The Balaban J connectivity index is 2.43. The number of nitrogens with zero attached hydrogens (tertiary/aromatic N) is 1. The number of hydrogen-bond donors (Lipinski definition) is 1. The molecule has 1 aliphatic rings. The smallest absolute Gasteiger partial charge is 0.0230 e. The number of rotatable bonds is 3. The predicted molar refractivity (Wildman–Crippen MR) is 53.5 cm³/mol. The summed E-state index contributed by atoms with van der Waals surface area (Å²) in [7, 11) is 1.97. The molecule has 0 amide bonds. The van der Waals surface area contributed by atoms with E-state index >= 15 is 0 Å². The lowest BCUT2D eigenvalue weighted by Gasteiger charge is -2.02. The minimum Gasteiger partial charge on any atom is -0.319 e. The highest BCUT2D eigenvalue weighted by Gasteiger charge is 1.95. The fourth-order valence-electron chi connectivity index (χ4n) is 1.10. The molecule has 1 aliphatic heterocycles. The summed E-state index contributed by atoms with van der Waals surface area (Å²) >= 11 is 0. The van der Waals surface area contributed by atoms with Gasteiger partial charge in [-0.2, -0.15) is 0 Å². The van der Waals surface area contributed by atoms with Crippen molar-refractivity contribution in [1.29, 1.82) is 0 Å². The third-order valence-corrected chi connectivity index (χ3v) is 1.82. The standard InChI is InChI=1S/C10H16N2/c1-11-9-7-10-6-4-2-3-5-8-12-10/h2,4-5,8,11H,3,6-7,9H2,1H3/b4-2-,8-5?,12-10+. The highest BCUT2D eigenvalue weighted by atomic mass is 14.8. The van der Waals surface area contributed by atoms with Gasteiger partial charge in [-0.1, -0.05) is 18.2 Å². The Morgan fingerprint density at radius 1 is 1.42 bits per heavy atom. The van der Waals surface area contributed by atoms with Crippen molar-refractivity contribution >= 4 is 5.71 Å². The van der Waals surface area contributed by atoms with Crippen LogP contribution in [0.2, 0.25) is 0 Å². The molecular weight excluding hydrogens is 148 g/mol. The van der Waals surface area contributed by atoms with E-state index in [2.05, 4.69) is 28.5 Å². The van der Waals surface area contributed by atoms with Crippen molar-refractivity contribution in [3.63, 3.8) is 0 Å². The molecule has 0 unspecified atom stereocenters. The summed E-state index contributed by atoms with van der Waals surface area (Å²) in [6.07, 6.45) is 11.4. The molecule has 1 rings (SSSR count). The minimum atomic E-state index is 1.01. The average Bonchev–Trinajstić information content (AvgIpc) is 2.02. The minimum absolute atomic E-state index is 1.01. The molecule has 0 aromatic heterocycles. The first-order valence-corrected chi connectivity index (χ1v) is 4.43. The lowest BCUT2D eigenvalue weighted by molar-refractivity contribution is 0.819. The molecule has 0 saturated carbocycles. The maximum atomic E-state index is 4.37. The fourth-order valence-corrected chi connectivity index (χ4v) is 1.10. The van der Waals surface area contributed by atoms with Crippen molar-refractivity contribution in [3.8, 4) is 0 Å². The summed E-state index contributed by atoms with van der Waals surface area (Å²) < 4.78 is 0. The molecular formula is C10H16N2. The van der Waals surface area contributed by atoms with Crippen LogP contribution in [0.3, 0.4) is 0 Å². The van der Waals surface area contributed by atoms with Crippen molar-refractivity contribution in [2.45, 2.75) is 19.3 Å². The lowest BCUT2D eigenvalue weighted by atomic mass is 10.1. The third-order valence-electron chi connectivity index (χ3n) is 1.82. The molecule has 12 heavy (non-hydrogen) atoms. The van der Waals surface area contributed by atoms with E-state index in [4.69, 9.17) is 0 Å². The normalized spacial score (nSPS) is 23.9. The Bertz CT molecular complexity index is 202. The predicted octanol–water partition coefficient (Wildman–Crippen LogP) is 1.90. The third kappa shape index (κ3) is 3.49. The summed E-state index contributed by atoms with van der Waals surface area (Å²) in [4.78, 5) is 4.37. The van der Waals surface area contributed by atoms with Crippen LogP contribution >= 0.6 is 0 Å². The van der Waals surface area contributed by atoms with Crippen LogP contribution in [0.4, 0.5) is 0 Å². The molecule has 1 heterocycles. The van der Waals surface area contributed by atoms with Gasteiger partial charge in [0, 0.05) is 24.9 Å². The second kappa shape index (κ2) is 5.72. The van der Waals surface area contributed by atoms with E-state index < -0.39 is 0 Å². The molecule has 0 aromatic carbocycles. The van der Waals surface area contributed by atoms with Crippen LogP contribution in [0, 0.1) is 0 Å². The van der Waals surface area contributed by atoms with Crippen LogP contribution < -0.4 is 5.32 Å². The van der Waals surface area contributed by atoms with Crippen LogP contribution in [0.1, 0.15) is 19.3 Å². The molecule has 0 spiro atoms. The zero-order valence-corrected chi connectivity index (χ0v) is 7.59. The fraction of sp³-hybridized carbons (Fsp3) is 0.500. The zero-order valence-electron chi connectivity index (χ0n) is 7.59. The van der Waals surface area contributed by atoms with Crippen LogP contribution in [0.15, 0.2) is 29.4 Å². The lowest BCUT2D eigenvalue weighted by Crippen LogP contribution is -2.12. The Kier molecular flexibility index (Phi) is 4.39. The maximum Gasteiger partial charge on any atom is 0.0230 e. The first kappa shape index (κ1) is 9.20. The molecule has 0 atom stereocenters. The summed E-state index contributed by atoms with van der Waals surface area (Å²) in [5.41, 5.74) is 1.26. The van der Waals surface area contributed by atoms with Gasteiger partial charge in [0.25, 0.3) is 0 Å². The monoisotopic (exact) mass is 164 g/mol. The molecule has 0 aromatic rings. The van der Waals surface area contributed by atoms with Crippen molar-refractivity contribution in [1.82, 2.24) is 5.32 Å². The van der Waals surface area contributed by atoms with E-state index in [0.29, 0.717) is 0 Å². The van der Waals surface area contributed by atoms with Crippen molar-refractivity contribution < 1.29 is 0 Å². The van der Waals surface area contributed by atoms with Gasteiger partial charge in [-0.05, 0) is 19.9 Å². The van der Waals surface area contributed by atoms with Crippen molar-refractivity contribution in [2.75, 3.05) is 13.6 Å². The summed E-state index contributed by atoms with van der Waals surface area (Å²) in [5, 5.41) is 3.12. The SMILES string of the molecule is CNCC/C1=N/C=CC/C=C\C1. The largest absolute Gasteiger partial charge is 0.319 e. The van der Waals surface area contributed by atoms with E-state index in [-0.39, 0.29) is 0 Å². The highest BCUT2D eigenvalue weighted by Crippen LogP contribution is 2.00. The Morgan fingerprint density at radius 3 is 3.17 bits per heavy atom. The van der Waals surface area contributed by atoms with Gasteiger partial charge >= 0.3 is 0 Å². The Hall–Kier alpha value is -0.890. The zero-order chi connectivity index (χ0) is 8.65. The summed E-state index contributed by atoms with van der Waals surface area (Å²) in [6, 6.07) is 0. The van der Waals surface area contributed by atoms with Gasteiger partial charge < -0.3 is 5.32 Å². The first-order chi connectivity index (χ1) is 5.93. The molecule has 2 heteroatoms. The van der Waals surface area contributed by atoms with E-state index in [1.807, 2.05) is 13.2 Å². The molecule has 2 nitrogen and oxygen atoms in total. The van der Waals surface area contributed by atoms with E-state index in [1.165, 1.54) is 5.71 Å². The summed E-state index contributed by atoms with van der Waals surface area (Å²) in [6.45, 7) is 1.01. The van der Waals surface area contributed by atoms with Crippen molar-refractivity contribution in [3.05, 3.63) is 24.4 Å². The second-order valence-electron chi connectivity index (χ2n) is 2.84. The van der Waals surface area contributed by atoms with Crippen LogP contribution in [-0.2, 0) is 0 Å². The maximum absolute atomic E-state index is 4.37. The van der Waals surface area contributed by atoms with E-state index in [9.17, 15) is 0 Å². The van der Waals surface area contributed by atoms with Gasteiger partial charge in [0.15, 0.2) is 0 Å². The number of aliphatic imine (C=N–C) groups is 1. The van der Waals surface area contributed by atoms with E-state index in [0.717, 1.165) is 25.8 Å². The molecule has 0 radical (unpaired) electrons. The molecule has 0 fully saturated rings. The van der Waals surface area contributed by atoms with Gasteiger partial charge in [0.1, 0.15) is 0 Å². The number of allylic oxidation sites excluding steroid dienone is 3. The Labute approximate surface area is 74.1 Å². The molecule has 0 saturated heterocycles. The molecule has 0 bridgehead atoms. The highest BCUT2D eigenvalue weighted by molar-refractivity contribution is 5.86. The van der Waals surface area contributed by atoms with Crippen LogP contribution in [-0.4, -0.2) is 19.3 Å². The topological polar surface area (TPSA) is 24.4 Å². The van der Waals surface area contributed by atoms with Crippen molar-refractivity contribution in [2.24, 2.45) is 4.99 Å². The second-order valence-corrected chi connectivity index (χ2v) is 2.84. The van der Waals surface area contributed by atoms with Gasteiger partial charge in [0.05, 0.1) is 0 Å². The van der Waals surface area contributed by atoms with Gasteiger partial charge in [-0.3, -0.25) is 4.99 Å². The number of nitrogens with one attached hydrogen (secondary N) is 1. The van der Waals surface area contributed by atoms with E-state index in [1.54, 1.807) is 0 Å². The van der Waals surface area contributed by atoms with Crippen LogP contribution in [0.25, 0.3) is 0 Å². The van der Waals surface area contributed by atoms with Gasteiger partial charge in [0.2, 0.25) is 0 Å². The van der Waals surface area contributed by atoms with Gasteiger partial charge in [-0.25, -0.2) is 0 Å². The average molecular weight is 164 g/mol. The quantitative estimate of drug-likeness (QED) is 0.633. The summed E-state index contributed by atoms with van der Waals surface area (Å²) in [5.74, 6) is 0. The number of hydrogen-bond acceptors (Lipinski definition) is 2. The van der Waals surface area contributed by atoms with Crippen LogP contribution in [0.5, 0.6) is 0 Å².